The second-order valence-electron chi connectivity index (χ2n) is 12.9. The highest BCUT2D eigenvalue weighted by Gasteiger charge is 2.22. The molecule has 0 amide bonds. The molecule has 6 aromatic heterocycles. The van der Waals surface area contributed by atoms with Crippen molar-refractivity contribution in [3.63, 3.8) is 0 Å². The van der Waals surface area contributed by atoms with Gasteiger partial charge in [0.15, 0.2) is 0 Å². The summed E-state index contributed by atoms with van der Waals surface area (Å²) < 4.78 is 0. The number of fused-ring (bicyclic) bond motifs is 2. The molecule has 0 aliphatic heterocycles. The van der Waals surface area contributed by atoms with E-state index in [0.717, 1.165) is 61.9 Å². The maximum Gasteiger partial charge on any atom is 0.139 e. The molecule has 0 spiro atoms. The zero-order chi connectivity index (χ0) is 37.6. The van der Waals surface area contributed by atoms with E-state index in [2.05, 4.69) is 106 Å². The third-order valence-electron chi connectivity index (χ3n) is 9.44. The zero-order valence-electron chi connectivity index (χ0n) is 29.2. The minimum absolute atomic E-state index is 0.0200. The highest BCUT2D eigenvalue weighted by molar-refractivity contribution is 7.26. The molecular formula is C48H26O2S6. The molecule has 0 atom stereocenters. The van der Waals surface area contributed by atoms with Crippen molar-refractivity contribution < 1.29 is 10.2 Å². The van der Waals surface area contributed by atoms with Gasteiger partial charge in [-0.3, -0.25) is 0 Å². The van der Waals surface area contributed by atoms with Crippen molar-refractivity contribution in [1.29, 1.82) is 0 Å². The Hall–Kier alpha value is -5.68. The van der Waals surface area contributed by atoms with Gasteiger partial charge in [0.1, 0.15) is 11.5 Å². The van der Waals surface area contributed by atoms with E-state index in [-0.39, 0.29) is 11.5 Å². The number of hydrogen-bond donors (Lipinski definition) is 2. The van der Waals surface area contributed by atoms with E-state index >= 15 is 0 Å². The number of benzene rings is 4. The smallest absolute Gasteiger partial charge is 0.139 e. The van der Waals surface area contributed by atoms with Crippen molar-refractivity contribution in [1.82, 2.24) is 0 Å². The molecule has 0 aliphatic rings. The fourth-order valence-electron chi connectivity index (χ4n) is 6.87. The summed E-state index contributed by atoms with van der Waals surface area (Å²) in [6.07, 6.45) is 0. The predicted molar refractivity (Wildman–Crippen MR) is 244 cm³/mol. The third kappa shape index (κ3) is 6.37. The fraction of sp³-hybridized carbons (Fsp3) is 0. The molecule has 0 saturated carbocycles. The maximum atomic E-state index is 12.3. The molecule has 0 unspecified atom stereocenters. The van der Waals surface area contributed by atoms with Crippen molar-refractivity contribution in [2.45, 2.75) is 0 Å². The van der Waals surface area contributed by atoms with Crippen LogP contribution in [-0.4, -0.2) is 10.2 Å². The van der Waals surface area contributed by atoms with Crippen LogP contribution in [-0.2, 0) is 0 Å². The van der Waals surface area contributed by atoms with E-state index in [0.29, 0.717) is 22.3 Å². The van der Waals surface area contributed by atoms with E-state index in [1.54, 1.807) is 68.0 Å². The van der Waals surface area contributed by atoms with E-state index < -0.39 is 0 Å². The first-order valence-electron chi connectivity index (χ1n) is 17.6. The van der Waals surface area contributed by atoms with Gasteiger partial charge in [0.25, 0.3) is 0 Å². The molecule has 2 N–H and O–H groups in total. The normalized spacial score (nSPS) is 11.1. The van der Waals surface area contributed by atoms with Crippen LogP contribution in [0, 0.1) is 23.7 Å². The lowest BCUT2D eigenvalue weighted by Gasteiger charge is -2.16. The van der Waals surface area contributed by atoms with Gasteiger partial charge in [-0.1, -0.05) is 96.5 Å². The minimum atomic E-state index is 0.0200. The molecule has 0 aliphatic carbocycles. The summed E-state index contributed by atoms with van der Waals surface area (Å²) in [6, 6.07) is 40.9. The van der Waals surface area contributed by atoms with Gasteiger partial charge in [-0.25, -0.2) is 0 Å². The molecule has 0 bridgehead atoms. The monoisotopic (exact) mass is 826 g/mol. The minimum Gasteiger partial charge on any atom is -0.506 e. The summed E-state index contributed by atoms with van der Waals surface area (Å²) in [7, 11) is 0. The predicted octanol–water partition coefficient (Wildman–Crippen LogP) is 14.9. The molecule has 10 rings (SSSR count). The number of phenols is 2. The van der Waals surface area contributed by atoms with Gasteiger partial charge in [-0.05, 0) is 91.6 Å². The first-order chi connectivity index (χ1) is 27.6. The Labute approximate surface area is 347 Å². The molecule has 8 heteroatoms. The van der Waals surface area contributed by atoms with Gasteiger partial charge in [0.05, 0.1) is 20.9 Å². The van der Waals surface area contributed by atoms with E-state index in [1.165, 1.54) is 9.75 Å². The Kier molecular flexibility index (Phi) is 9.17. The average Bonchev–Trinajstić information content (AvgIpc) is 4.07. The SMILES string of the molecule is Oc1c(C#Cc2cc(-c3cccs3)sc2-c2cccs2)cc2ccccc2c1-c1c(O)c(C#Cc2cc(-c3cccs3)sc2-c2cccs2)cc2ccccc12. The molecule has 2 nitrogen and oxygen atoms in total. The van der Waals surface area contributed by atoms with Gasteiger partial charge in [-0.2, -0.15) is 0 Å². The van der Waals surface area contributed by atoms with Crippen LogP contribution >= 0.6 is 68.0 Å². The van der Waals surface area contributed by atoms with Gasteiger partial charge in [0, 0.05) is 51.5 Å². The molecule has 6 heterocycles. The Morgan fingerprint density at radius 2 is 0.732 bits per heavy atom. The lowest BCUT2D eigenvalue weighted by molar-refractivity contribution is 0.468. The summed E-state index contributed by atoms with van der Waals surface area (Å²) in [4.78, 5) is 9.28. The van der Waals surface area contributed by atoms with Crippen LogP contribution in [0.3, 0.4) is 0 Å². The fourth-order valence-corrected chi connectivity index (χ4v) is 12.5. The standard InChI is InChI=1S/C48H26O2S6/c49-45-31(17-19-33-27-41(37-13-5-21-51-37)55-47(33)39-15-7-23-53-39)25-29-9-1-3-11-35(29)43(45)44-36-12-4-2-10-30(36)26-32(46(44)50)18-20-34-28-42(38-14-6-22-52-38)56-48(34)40-16-8-24-54-40/h1-16,21-28,49-50H. The number of phenolic OH excluding ortho intramolecular Hbond substituents is 2. The highest BCUT2D eigenvalue weighted by atomic mass is 32.1. The Morgan fingerprint density at radius 1 is 0.357 bits per heavy atom. The zero-order valence-corrected chi connectivity index (χ0v) is 34.1. The summed E-state index contributed by atoms with van der Waals surface area (Å²) in [5, 5.41) is 36.4. The number of aromatic hydroxyl groups is 2. The first kappa shape index (κ1) is 34.8. The Morgan fingerprint density at radius 3 is 1.12 bits per heavy atom. The summed E-state index contributed by atoms with van der Waals surface area (Å²) in [5.41, 5.74) is 3.86. The average molecular weight is 827 g/mol. The number of thiophene rings is 6. The van der Waals surface area contributed by atoms with Crippen molar-refractivity contribution in [3.05, 3.63) is 165 Å². The topological polar surface area (TPSA) is 40.5 Å². The van der Waals surface area contributed by atoms with Crippen LogP contribution in [0.5, 0.6) is 11.5 Å². The van der Waals surface area contributed by atoms with Gasteiger partial charge >= 0.3 is 0 Å². The number of hydrogen-bond acceptors (Lipinski definition) is 8. The van der Waals surface area contributed by atoms with Crippen molar-refractivity contribution in [2.75, 3.05) is 0 Å². The molecule has 0 radical (unpaired) electrons. The van der Waals surface area contributed by atoms with E-state index in [1.807, 2.05) is 60.7 Å². The van der Waals surface area contributed by atoms with E-state index in [4.69, 9.17) is 0 Å². The summed E-state index contributed by atoms with van der Waals surface area (Å²) in [6.45, 7) is 0. The van der Waals surface area contributed by atoms with Crippen molar-refractivity contribution in [3.8, 4) is 85.3 Å². The van der Waals surface area contributed by atoms with Gasteiger partial charge in [-0.15, -0.1) is 68.0 Å². The second-order valence-corrected chi connectivity index (χ2v) is 18.7. The highest BCUT2D eigenvalue weighted by Crippen LogP contribution is 2.48. The van der Waals surface area contributed by atoms with Crippen LogP contribution < -0.4 is 0 Å². The summed E-state index contributed by atoms with van der Waals surface area (Å²) in [5.74, 6) is 13.7. The van der Waals surface area contributed by atoms with Crippen LogP contribution in [0.2, 0.25) is 0 Å². The van der Waals surface area contributed by atoms with Crippen LogP contribution in [0.25, 0.3) is 71.7 Å². The second kappa shape index (κ2) is 14.8. The molecule has 4 aromatic carbocycles. The lowest BCUT2D eigenvalue weighted by atomic mass is 9.89. The molecule has 10 aromatic rings. The molecule has 56 heavy (non-hydrogen) atoms. The van der Waals surface area contributed by atoms with Gasteiger partial charge < -0.3 is 10.2 Å². The van der Waals surface area contributed by atoms with Crippen LogP contribution in [0.4, 0.5) is 0 Å². The molecule has 266 valence electrons. The Bertz CT molecular complexity index is 2940. The lowest BCUT2D eigenvalue weighted by Crippen LogP contribution is -1.92. The summed E-state index contributed by atoms with van der Waals surface area (Å²) >= 11 is 10.3. The first-order valence-corrected chi connectivity index (χ1v) is 22.7. The van der Waals surface area contributed by atoms with Gasteiger partial charge in [0.2, 0.25) is 0 Å². The molecule has 0 saturated heterocycles. The molecular weight excluding hydrogens is 801 g/mol. The Balaban J connectivity index is 1.15. The number of rotatable bonds is 5. The van der Waals surface area contributed by atoms with Crippen LogP contribution in [0.1, 0.15) is 22.3 Å². The van der Waals surface area contributed by atoms with Crippen molar-refractivity contribution >= 4 is 89.6 Å². The maximum absolute atomic E-state index is 12.3. The molecule has 0 fully saturated rings. The van der Waals surface area contributed by atoms with E-state index in [9.17, 15) is 10.2 Å². The van der Waals surface area contributed by atoms with Crippen molar-refractivity contribution in [2.24, 2.45) is 0 Å². The largest absolute Gasteiger partial charge is 0.506 e. The quantitative estimate of drug-likeness (QED) is 0.170. The third-order valence-corrected chi connectivity index (χ3v) is 15.9. The van der Waals surface area contributed by atoms with Crippen LogP contribution in [0.15, 0.2) is 143 Å².